The van der Waals surface area contributed by atoms with Gasteiger partial charge in [0.15, 0.2) is 0 Å². The Morgan fingerprint density at radius 1 is 1.29 bits per heavy atom. The van der Waals surface area contributed by atoms with Crippen molar-refractivity contribution in [1.82, 2.24) is 9.88 Å². The molecule has 1 unspecified atom stereocenters. The van der Waals surface area contributed by atoms with Crippen molar-refractivity contribution in [2.24, 2.45) is 7.05 Å². The molecular weight excluding hydrogens is 208 g/mol. The molecule has 1 aromatic heterocycles. The van der Waals surface area contributed by atoms with Crippen molar-refractivity contribution >= 4 is 10.9 Å². The summed E-state index contributed by atoms with van der Waals surface area (Å²) in [4.78, 5) is 0. The van der Waals surface area contributed by atoms with Crippen molar-refractivity contribution in [2.45, 2.75) is 39.8 Å². The third-order valence-electron chi connectivity index (χ3n) is 3.74. The highest BCUT2D eigenvalue weighted by Crippen LogP contribution is 2.24. The lowest BCUT2D eigenvalue weighted by Gasteiger charge is -2.12. The summed E-state index contributed by atoms with van der Waals surface area (Å²) in [5, 5.41) is 4.94. The molecule has 2 nitrogen and oxygen atoms in total. The molecule has 92 valence electrons. The molecular formula is C15H22N2. The smallest absolute Gasteiger partial charge is 0.0483 e. The zero-order valence-corrected chi connectivity index (χ0v) is 11.2. The Kier molecular flexibility index (Phi) is 3.53. The Bertz CT molecular complexity index is 472. The number of nitrogens with one attached hydrogen (secondary N) is 1. The fourth-order valence-corrected chi connectivity index (χ4v) is 2.30. The molecule has 0 aliphatic rings. The van der Waals surface area contributed by atoms with Gasteiger partial charge in [-0.05, 0) is 31.9 Å². The van der Waals surface area contributed by atoms with Crippen molar-refractivity contribution in [3.63, 3.8) is 0 Å². The van der Waals surface area contributed by atoms with E-state index in [9.17, 15) is 0 Å². The van der Waals surface area contributed by atoms with E-state index in [0.29, 0.717) is 6.04 Å². The van der Waals surface area contributed by atoms with Crippen LogP contribution in [0.1, 0.15) is 31.5 Å². The van der Waals surface area contributed by atoms with Crippen molar-refractivity contribution in [2.75, 3.05) is 0 Å². The highest BCUT2D eigenvalue weighted by atomic mass is 15.0. The second-order valence-electron chi connectivity index (χ2n) is 4.84. The van der Waals surface area contributed by atoms with Gasteiger partial charge in [0, 0.05) is 36.2 Å². The Labute approximate surface area is 104 Å². The largest absolute Gasteiger partial charge is 0.346 e. The summed E-state index contributed by atoms with van der Waals surface area (Å²) in [5.74, 6) is 0. The van der Waals surface area contributed by atoms with Crippen LogP contribution in [0.4, 0.5) is 0 Å². The first kappa shape index (κ1) is 12.2. The van der Waals surface area contributed by atoms with Gasteiger partial charge < -0.3 is 9.88 Å². The quantitative estimate of drug-likeness (QED) is 0.852. The average Bonchev–Trinajstić information content (AvgIpc) is 2.60. The van der Waals surface area contributed by atoms with Crippen molar-refractivity contribution < 1.29 is 0 Å². The number of fused-ring (bicyclic) bond motifs is 1. The van der Waals surface area contributed by atoms with E-state index in [1.54, 1.807) is 0 Å². The number of hydrogen-bond donors (Lipinski definition) is 1. The number of para-hydroxylation sites is 1. The van der Waals surface area contributed by atoms with Crippen molar-refractivity contribution in [1.29, 1.82) is 0 Å². The van der Waals surface area contributed by atoms with Crippen LogP contribution in [0.5, 0.6) is 0 Å². The van der Waals surface area contributed by atoms with E-state index in [2.05, 4.69) is 62.0 Å². The maximum atomic E-state index is 3.57. The molecule has 1 heterocycles. The molecule has 0 aliphatic heterocycles. The third kappa shape index (κ3) is 2.22. The van der Waals surface area contributed by atoms with Crippen molar-refractivity contribution in [3.8, 4) is 0 Å². The minimum Gasteiger partial charge on any atom is -0.346 e. The number of benzene rings is 1. The minimum absolute atomic E-state index is 0.576. The predicted molar refractivity (Wildman–Crippen MR) is 74.2 cm³/mol. The van der Waals surface area contributed by atoms with Gasteiger partial charge in [-0.25, -0.2) is 0 Å². The first-order chi connectivity index (χ1) is 8.15. The van der Waals surface area contributed by atoms with Crippen LogP contribution in [0, 0.1) is 6.92 Å². The van der Waals surface area contributed by atoms with E-state index in [1.807, 2.05) is 0 Å². The van der Waals surface area contributed by atoms with Crippen molar-refractivity contribution in [3.05, 3.63) is 35.5 Å². The van der Waals surface area contributed by atoms with Gasteiger partial charge in [0.05, 0.1) is 0 Å². The Hall–Kier alpha value is -1.28. The SMILES string of the molecule is CCC(C)NCc1c(C)c2ccccc2n1C. The van der Waals surface area contributed by atoms with Crippen LogP contribution >= 0.6 is 0 Å². The summed E-state index contributed by atoms with van der Waals surface area (Å²) in [7, 11) is 2.16. The molecule has 0 saturated heterocycles. The molecule has 0 saturated carbocycles. The van der Waals surface area contributed by atoms with Gasteiger partial charge in [-0.15, -0.1) is 0 Å². The summed E-state index contributed by atoms with van der Waals surface area (Å²) >= 11 is 0. The zero-order valence-electron chi connectivity index (χ0n) is 11.2. The molecule has 2 rings (SSSR count). The molecule has 0 radical (unpaired) electrons. The normalized spacial score (nSPS) is 13.2. The highest BCUT2D eigenvalue weighted by molar-refractivity contribution is 5.85. The monoisotopic (exact) mass is 230 g/mol. The van der Waals surface area contributed by atoms with Crippen LogP contribution in [-0.2, 0) is 13.6 Å². The van der Waals surface area contributed by atoms with Gasteiger partial charge in [-0.3, -0.25) is 0 Å². The molecule has 0 bridgehead atoms. The first-order valence-corrected chi connectivity index (χ1v) is 6.41. The second-order valence-corrected chi connectivity index (χ2v) is 4.84. The summed E-state index contributed by atoms with van der Waals surface area (Å²) < 4.78 is 2.31. The number of aryl methyl sites for hydroxylation is 2. The number of aromatic nitrogens is 1. The lowest BCUT2D eigenvalue weighted by atomic mass is 10.1. The number of hydrogen-bond acceptors (Lipinski definition) is 1. The average molecular weight is 230 g/mol. The van der Waals surface area contributed by atoms with Crippen LogP contribution in [0.2, 0.25) is 0 Å². The van der Waals surface area contributed by atoms with Gasteiger partial charge in [-0.1, -0.05) is 25.1 Å². The van der Waals surface area contributed by atoms with E-state index in [1.165, 1.54) is 28.6 Å². The maximum absolute atomic E-state index is 3.57. The molecule has 1 atom stereocenters. The number of rotatable bonds is 4. The highest BCUT2D eigenvalue weighted by Gasteiger charge is 2.11. The summed E-state index contributed by atoms with van der Waals surface area (Å²) in [6, 6.07) is 9.19. The summed E-state index contributed by atoms with van der Waals surface area (Å²) in [6.45, 7) is 7.62. The van der Waals surface area contributed by atoms with Crippen LogP contribution in [0.25, 0.3) is 10.9 Å². The van der Waals surface area contributed by atoms with Crippen LogP contribution in [0.3, 0.4) is 0 Å². The lowest BCUT2D eigenvalue weighted by molar-refractivity contribution is 0.522. The fraction of sp³-hybridized carbons (Fsp3) is 0.467. The third-order valence-corrected chi connectivity index (χ3v) is 3.74. The Morgan fingerprint density at radius 3 is 2.65 bits per heavy atom. The standard InChI is InChI=1S/C15H22N2/c1-5-11(2)16-10-15-12(3)13-8-6-7-9-14(13)17(15)4/h6-9,11,16H,5,10H2,1-4H3. The van der Waals surface area contributed by atoms with E-state index in [4.69, 9.17) is 0 Å². The molecule has 17 heavy (non-hydrogen) atoms. The van der Waals surface area contributed by atoms with Gasteiger partial charge in [0.25, 0.3) is 0 Å². The minimum atomic E-state index is 0.576. The molecule has 0 aliphatic carbocycles. The predicted octanol–water partition coefficient (Wildman–Crippen LogP) is 3.37. The van der Waals surface area contributed by atoms with Gasteiger partial charge in [0.2, 0.25) is 0 Å². The van der Waals surface area contributed by atoms with E-state index in [0.717, 1.165) is 6.54 Å². The molecule has 2 heteroatoms. The van der Waals surface area contributed by atoms with E-state index >= 15 is 0 Å². The van der Waals surface area contributed by atoms with Crippen LogP contribution in [0.15, 0.2) is 24.3 Å². The zero-order chi connectivity index (χ0) is 12.4. The van der Waals surface area contributed by atoms with Gasteiger partial charge in [0.1, 0.15) is 0 Å². The molecule has 1 N–H and O–H groups in total. The summed E-state index contributed by atoms with van der Waals surface area (Å²) in [6.07, 6.45) is 1.17. The van der Waals surface area contributed by atoms with E-state index < -0.39 is 0 Å². The second kappa shape index (κ2) is 4.92. The van der Waals surface area contributed by atoms with Gasteiger partial charge >= 0.3 is 0 Å². The Morgan fingerprint density at radius 2 is 2.00 bits per heavy atom. The maximum Gasteiger partial charge on any atom is 0.0483 e. The lowest BCUT2D eigenvalue weighted by Crippen LogP contribution is -2.25. The van der Waals surface area contributed by atoms with Crippen LogP contribution in [-0.4, -0.2) is 10.6 Å². The molecule has 2 aromatic rings. The Balaban J connectivity index is 2.34. The summed E-state index contributed by atoms with van der Waals surface area (Å²) in [5.41, 5.74) is 4.12. The van der Waals surface area contributed by atoms with Crippen LogP contribution < -0.4 is 5.32 Å². The molecule has 0 spiro atoms. The molecule has 0 amide bonds. The number of nitrogens with zero attached hydrogens (tertiary/aromatic N) is 1. The van der Waals surface area contributed by atoms with Gasteiger partial charge in [-0.2, -0.15) is 0 Å². The fourth-order valence-electron chi connectivity index (χ4n) is 2.30. The van der Waals surface area contributed by atoms with E-state index in [-0.39, 0.29) is 0 Å². The topological polar surface area (TPSA) is 17.0 Å². The first-order valence-electron chi connectivity index (χ1n) is 6.41. The molecule has 1 aromatic carbocycles. The molecule has 0 fully saturated rings.